The first kappa shape index (κ1) is 18.0. The van der Waals surface area contributed by atoms with Gasteiger partial charge in [0.25, 0.3) is 0 Å². The third-order valence-corrected chi connectivity index (χ3v) is 5.97. The van der Waals surface area contributed by atoms with Crippen LogP contribution in [0.4, 0.5) is 0 Å². The van der Waals surface area contributed by atoms with Crippen LogP contribution in [0.5, 0.6) is 11.5 Å². The SMILES string of the molecule is CC(=O)[C@@H](C)[C@]12C(=O)c3cccc(O)c3C(=O)C1=C(N)c1cc(C)cc(O)c12. The van der Waals surface area contributed by atoms with Crippen molar-refractivity contribution in [3.63, 3.8) is 0 Å². The molecule has 4 N–H and O–H groups in total. The first-order valence-corrected chi connectivity index (χ1v) is 8.90. The molecule has 142 valence electrons. The highest BCUT2D eigenvalue weighted by Crippen LogP contribution is 2.58. The Balaban J connectivity index is 2.22. The molecule has 2 aromatic carbocycles. The van der Waals surface area contributed by atoms with Crippen molar-refractivity contribution in [2.45, 2.75) is 26.2 Å². The van der Waals surface area contributed by atoms with Crippen LogP contribution in [-0.4, -0.2) is 27.6 Å². The fourth-order valence-corrected chi connectivity index (χ4v) is 4.63. The smallest absolute Gasteiger partial charge is 0.196 e. The van der Waals surface area contributed by atoms with E-state index in [1.54, 1.807) is 19.9 Å². The molecule has 0 bridgehead atoms. The van der Waals surface area contributed by atoms with E-state index in [4.69, 9.17) is 5.73 Å². The van der Waals surface area contributed by atoms with Gasteiger partial charge in [0.1, 0.15) is 22.7 Å². The van der Waals surface area contributed by atoms with Crippen molar-refractivity contribution in [2.75, 3.05) is 0 Å². The van der Waals surface area contributed by atoms with Crippen LogP contribution in [-0.2, 0) is 10.2 Å². The Labute approximate surface area is 161 Å². The lowest BCUT2D eigenvalue weighted by Gasteiger charge is -2.39. The van der Waals surface area contributed by atoms with E-state index < -0.39 is 22.9 Å². The molecule has 0 heterocycles. The Morgan fingerprint density at radius 3 is 2.43 bits per heavy atom. The molecule has 0 aromatic heterocycles. The molecule has 2 atom stereocenters. The largest absolute Gasteiger partial charge is 0.508 e. The van der Waals surface area contributed by atoms with E-state index in [9.17, 15) is 24.6 Å². The maximum absolute atomic E-state index is 13.8. The van der Waals surface area contributed by atoms with E-state index in [1.807, 2.05) is 0 Å². The predicted molar refractivity (Wildman–Crippen MR) is 102 cm³/mol. The summed E-state index contributed by atoms with van der Waals surface area (Å²) in [5.74, 6) is -2.91. The first-order chi connectivity index (χ1) is 13.1. The zero-order chi connectivity index (χ0) is 20.5. The molecule has 0 fully saturated rings. The van der Waals surface area contributed by atoms with Crippen molar-refractivity contribution >= 4 is 23.0 Å². The normalized spacial score (nSPS) is 21.2. The third-order valence-electron chi connectivity index (χ3n) is 5.97. The zero-order valence-electron chi connectivity index (χ0n) is 15.7. The number of Topliss-reactive ketones (excluding diaryl/α,β-unsaturated/α-hetero) is 3. The second-order valence-electron chi connectivity index (χ2n) is 7.49. The Bertz CT molecular complexity index is 1140. The van der Waals surface area contributed by atoms with Gasteiger partial charge >= 0.3 is 0 Å². The van der Waals surface area contributed by atoms with Crippen molar-refractivity contribution in [3.05, 3.63) is 63.7 Å². The molecule has 0 spiro atoms. The molecular formula is C22H19NO5. The lowest BCUT2D eigenvalue weighted by Crippen LogP contribution is -2.50. The number of hydrogen-bond donors (Lipinski definition) is 3. The Morgan fingerprint density at radius 2 is 1.79 bits per heavy atom. The standard InChI is InChI=1S/C22H19NO5/c1-9-7-13-17(15(26)8-9)22(10(2)11(3)24)18(19(13)23)20(27)16-12(21(22)28)5-4-6-14(16)25/h4-8,10,25-26H,23H2,1-3H3/t10-,22-/m1/s1. The van der Waals surface area contributed by atoms with Gasteiger partial charge < -0.3 is 15.9 Å². The predicted octanol–water partition coefficient (Wildman–Crippen LogP) is 2.63. The highest BCUT2D eigenvalue weighted by molar-refractivity contribution is 6.33. The van der Waals surface area contributed by atoms with Crippen molar-refractivity contribution in [3.8, 4) is 11.5 Å². The zero-order valence-corrected chi connectivity index (χ0v) is 15.7. The fourth-order valence-electron chi connectivity index (χ4n) is 4.63. The van der Waals surface area contributed by atoms with Gasteiger partial charge in [-0.3, -0.25) is 14.4 Å². The summed E-state index contributed by atoms with van der Waals surface area (Å²) in [6.07, 6.45) is 0. The molecule has 4 rings (SSSR count). The minimum Gasteiger partial charge on any atom is -0.508 e. The van der Waals surface area contributed by atoms with Crippen LogP contribution in [0, 0.1) is 12.8 Å². The Hall–Kier alpha value is -3.41. The van der Waals surface area contributed by atoms with Gasteiger partial charge in [0.2, 0.25) is 0 Å². The molecule has 2 aliphatic rings. The summed E-state index contributed by atoms with van der Waals surface area (Å²) in [6.45, 7) is 4.65. The van der Waals surface area contributed by atoms with Gasteiger partial charge in [0.15, 0.2) is 11.6 Å². The lowest BCUT2D eigenvalue weighted by atomic mass is 9.58. The summed E-state index contributed by atoms with van der Waals surface area (Å²) in [5.41, 5.74) is 5.74. The number of allylic oxidation sites excluding steroid dienone is 1. The number of aryl methyl sites for hydroxylation is 1. The number of phenols is 2. The number of hydrogen-bond acceptors (Lipinski definition) is 6. The highest BCUT2D eigenvalue weighted by atomic mass is 16.3. The molecule has 0 saturated carbocycles. The van der Waals surface area contributed by atoms with Crippen molar-refractivity contribution in [1.82, 2.24) is 0 Å². The van der Waals surface area contributed by atoms with Gasteiger partial charge in [-0.05, 0) is 37.6 Å². The number of phenolic OH excluding ortho intramolecular Hbond substituents is 2. The topological polar surface area (TPSA) is 118 Å². The maximum atomic E-state index is 13.8. The molecule has 2 aromatic rings. The fraction of sp³-hybridized carbons (Fsp3) is 0.227. The molecule has 0 radical (unpaired) electrons. The van der Waals surface area contributed by atoms with Crippen LogP contribution >= 0.6 is 0 Å². The van der Waals surface area contributed by atoms with Crippen molar-refractivity contribution in [2.24, 2.45) is 11.7 Å². The number of fused-ring (bicyclic) bond motifs is 4. The van der Waals surface area contributed by atoms with E-state index in [1.165, 1.54) is 31.2 Å². The van der Waals surface area contributed by atoms with E-state index >= 15 is 0 Å². The molecule has 0 amide bonds. The van der Waals surface area contributed by atoms with Crippen LogP contribution in [0.1, 0.15) is 51.3 Å². The number of benzene rings is 2. The van der Waals surface area contributed by atoms with Gasteiger partial charge in [-0.1, -0.05) is 19.1 Å². The summed E-state index contributed by atoms with van der Waals surface area (Å²) >= 11 is 0. The molecule has 2 aliphatic carbocycles. The van der Waals surface area contributed by atoms with Crippen molar-refractivity contribution < 1.29 is 24.6 Å². The Kier molecular flexibility index (Phi) is 3.56. The molecule has 0 aliphatic heterocycles. The van der Waals surface area contributed by atoms with E-state index in [-0.39, 0.29) is 45.2 Å². The molecule has 6 nitrogen and oxygen atoms in total. The van der Waals surface area contributed by atoms with Gasteiger partial charge in [0, 0.05) is 33.9 Å². The second-order valence-corrected chi connectivity index (χ2v) is 7.49. The lowest BCUT2D eigenvalue weighted by molar-refractivity contribution is -0.121. The van der Waals surface area contributed by atoms with Gasteiger partial charge in [-0.15, -0.1) is 0 Å². The van der Waals surface area contributed by atoms with Gasteiger partial charge in [-0.2, -0.15) is 0 Å². The average molecular weight is 377 g/mol. The highest BCUT2D eigenvalue weighted by Gasteiger charge is 2.62. The molecular weight excluding hydrogens is 358 g/mol. The van der Waals surface area contributed by atoms with Crippen molar-refractivity contribution in [1.29, 1.82) is 0 Å². The number of carbonyl (C=O) groups is 3. The Morgan fingerprint density at radius 1 is 1.11 bits per heavy atom. The van der Waals surface area contributed by atoms with E-state index in [2.05, 4.69) is 0 Å². The summed E-state index contributed by atoms with van der Waals surface area (Å²) in [7, 11) is 0. The number of carbonyl (C=O) groups excluding carboxylic acids is 3. The second kappa shape index (κ2) is 5.55. The average Bonchev–Trinajstić information content (AvgIpc) is 2.89. The first-order valence-electron chi connectivity index (χ1n) is 8.90. The number of rotatable bonds is 2. The summed E-state index contributed by atoms with van der Waals surface area (Å²) in [4.78, 5) is 39.7. The van der Waals surface area contributed by atoms with Gasteiger partial charge in [-0.25, -0.2) is 0 Å². The molecule has 0 unspecified atom stereocenters. The van der Waals surface area contributed by atoms with Crippen LogP contribution in [0.25, 0.3) is 5.70 Å². The van der Waals surface area contributed by atoms with Crippen LogP contribution < -0.4 is 5.73 Å². The number of aromatic hydroxyl groups is 2. The van der Waals surface area contributed by atoms with E-state index in [0.717, 1.165) is 0 Å². The van der Waals surface area contributed by atoms with Crippen LogP contribution in [0.3, 0.4) is 0 Å². The maximum Gasteiger partial charge on any atom is 0.196 e. The minimum atomic E-state index is -1.72. The summed E-state index contributed by atoms with van der Waals surface area (Å²) < 4.78 is 0. The van der Waals surface area contributed by atoms with Gasteiger partial charge in [0.05, 0.1) is 5.56 Å². The van der Waals surface area contributed by atoms with Crippen LogP contribution in [0.2, 0.25) is 0 Å². The van der Waals surface area contributed by atoms with Crippen LogP contribution in [0.15, 0.2) is 35.9 Å². The number of ketones is 3. The number of nitrogens with two attached hydrogens (primary N) is 1. The van der Waals surface area contributed by atoms with E-state index in [0.29, 0.717) is 11.1 Å². The molecule has 28 heavy (non-hydrogen) atoms. The quantitative estimate of drug-likeness (QED) is 0.740. The summed E-state index contributed by atoms with van der Waals surface area (Å²) in [6, 6.07) is 7.41. The molecule has 6 heteroatoms. The monoisotopic (exact) mass is 377 g/mol. The third kappa shape index (κ3) is 1.89. The summed E-state index contributed by atoms with van der Waals surface area (Å²) in [5, 5.41) is 21.0. The minimum absolute atomic E-state index is 0.0162. The molecule has 0 saturated heterocycles.